The summed E-state index contributed by atoms with van der Waals surface area (Å²) in [7, 11) is 3.20. The molecule has 0 aliphatic carbocycles. The third kappa shape index (κ3) is 3.44. The minimum absolute atomic E-state index is 0.152. The van der Waals surface area contributed by atoms with Gasteiger partial charge >= 0.3 is 0 Å². The van der Waals surface area contributed by atoms with Gasteiger partial charge in [-0.1, -0.05) is 22.0 Å². The van der Waals surface area contributed by atoms with E-state index in [0.29, 0.717) is 17.9 Å². The second kappa shape index (κ2) is 7.57. The summed E-state index contributed by atoms with van der Waals surface area (Å²) >= 11 is 5.26. The van der Waals surface area contributed by atoms with Gasteiger partial charge < -0.3 is 14.4 Å². The van der Waals surface area contributed by atoms with E-state index in [4.69, 9.17) is 9.47 Å². The lowest BCUT2D eigenvalue weighted by molar-refractivity contribution is -0.131. The predicted molar refractivity (Wildman–Crippen MR) is 99.0 cm³/mol. The lowest BCUT2D eigenvalue weighted by Crippen LogP contribution is -2.31. The second-order valence-corrected chi connectivity index (χ2v) is 7.57. The molecule has 1 saturated heterocycles. The van der Waals surface area contributed by atoms with Crippen LogP contribution < -0.4 is 9.47 Å². The maximum absolute atomic E-state index is 12.9. The van der Waals surface area contributed by atoms with E-state index in [1.165, 1.54) is 4.88 Å². The van der Waals surface area contributed by atoms with Crippen LogP contribution in [0.15, 0.2) is 34.1 Å². The molecule has 1 aromatic heterocycles. The predicted octanol–water partition coefficient (Wildman–Crippen LogP) is 4.43. The first-order valence-corrected chi connectivity index (χ1v) is 9.54. The number of amides is 1. The van der Waals surface area contributed by atoms with Gasteiger partial charge in [0, 0.05) is 15.9 Å². The van der Waals surface area contributed by atoms with Crippen molar-refractivity contribution < 1.29 is 14.3 Å². The number of likely N-dealkylation sites (tertiary alicyclic amines) is 1. The number of carbonyl (C=O) groups is 1. The number of hydrogen-bond donors (Lipinski definition) is 0. The highest BCUT2D eigenvalue weighted by Crippen LogP contribution is 2.37. The van der Waals surface area contributed by atoms with E-state index in [0.717, 1.165) is 29.4 Å². The van der Waals surface area contributed by atoms with E-state index < -0.39 is 0 Å². The van der Waals surface area contributed by atoms with Gasteiger partial charge in [0.15, 0.2) is 11.5 Å². The minimum Gasteiger partial charge on any atom is -0.493 e. The lowest BCUT2D eigenvalue weighted by Gasteiger charge is -2.24. The highest BCUT2D eigenvalue weighted by atomic mass is 79.9. The molecule has 0 radical (unpaired) electrons. The fourth-order valence-corrected chi connectivity index (χ4v) is 4.47. The monoisotopic (exact) mass is 409 g/mol. The summed E-state index contributed by atoms with van der Waals surface area (Å²) in [6.45, 7) is 0.826. The van der Waals surface area contributed by atoms with Gasteiger partial charge in [0.2, 0.25) is 5.91 Å². The first-order chi connectivity index (χ1) is 11.6. The number of halogens is 1. The first-order valence-electron chi connectivity index (χ1n) is 7.87. The molecule has 1 aliphatic heterocycles. The molecule has 6 heteroatoms. The van der Waals surface area contributed by atoms with Gasteiger partial charge in [0.1, 0.15) is 0 Å². The molecule has 2 heterocycles. The molecule has 0 spiro atoms. The summed E-state index contributed by atoms with van der Waals surface area (Å²) in [5, 5.41) is 2.07. The number of rotatable bonds is 5. The molecule has 0 saturated carbocycles. The third-order valence-corrected chi connectivity index (χ3v) is 6.05. The molecule has 0 bridgehead atoms. The molecular weight excluding hydrogens is 390 g/mol. The van der Waals surface area contributed by atoms with E-state index in [2.05, 4.69) is 27.4 Å². The number of nitrogens with zero attached hydrogens (tertiary/aromatic N) is 1. The van der Waals surface area contributed by atoms with Gasteiger partial charge in [-0.3, -0.25) is 4.79 Å². The van der Waals surface area contributed by atoms with Crippen molar-refractivity contribution in [1.29, 1.82) is 0 Å². The maximum Gasteiger partial charge on any atom is 0.227 e. The van der Waals surface area contributed by atoms with Gasteiger partial charge in [-0.05, 0) is 42.0 Å². The zero-order chi connectivity index (χ0) is 17.1. The number of hydrogen-bond acceptors (Lipinski definition) is 4. The van der Waals surface area contributed by atoms with Crippen molar-refractivity contribution in [1.82, 2.24) is 4.90 Å². The average molecular weight is 410 g/mol. The molecule has 3 rings (SSSR count). The second-order valence-electron chi connectivity index (χ2n) is 5.74. The molecule has 128 valence electrons. The zero-order valence-corrected chi connectivity index (χ0v) is 16.2. The highest BCUT2D eigenvalue weighted by molar-refractivity contribution is 9.10. The van der Waals surface area contributed by atoms with Crippen molar-refractivity contribution >= 4 is 33.2 Å². The standard InChI is InChI=1S/C18H20BrNO3S/c1-22-15-9-12(13(19)11-16(15)23-2)10-18(21)20-7-3-5-14(20)17-6-4-8-24-17/h4,6,8-9,11,14H,3,5,7,10H2,1-2H3. The summed E-state index contributed by atoms with van der Waals surface area (Å²) in [6, 6.07) is 8.11. The van der Waals surface area contributed by atoms with E-state index in [9.17, 15) is 4.79 Å². The van der Waals surface area contributed by atoms with Crippen molar-refractivity contribution in [3.8, 4) is 11.5 Å². The van der Waals surface area contributed by atoms with Gasteiger partial charge in [-0.15, -0.1) is 11.3 Å². The number of ether oxygens (including phenoxy) is 2. The number of carbonyl (C=O) groups excluding carboxylic acids is 1. The molecular formula is C18H20BrNO3S. The van der Waals surface area contributed by atoms with Crippen molar-refractivity contribution in [3.63, 3.8) is 0 Å². The summed E-state index contributed by atoms with van der Waals surface area (Å²) in [6.07, 6.45) is 2.45. The van der Waals surface area contributed by atoms with Crippen molar-refractivity contribution in [2.75, 3.05) is 20.8 Å². The Kier molecular flexibility index (Phi) is 5.46. The number of thiophene rings is 1. The smallest absolute Gasteiger partial charge is 0.227 e. The van der Waals surface area contributed by atoms with E-state index in [1.54, 1.807) is 25.6 Å². The zero-order valence-electron chi connectivity index (χ0n) is 13.8. The molecule has 1 aromatic carbocycles. The maximum atomic E-state index is 12.9. The molecule has 1 fully saturated rings. The molecule has 1 atom stereocenters. The fraction of sp³-hybridized carbons (Fsp3) is 0.389. The van der Waals surface area contributed by atoms with E-state index in [1.807, 2.05) is 23.1 Å². The van der Waals surface area contributed by atoms with Gasteiger partial charge in [0.05, 0.1) is 26.7 Å². The molecule has 2 aromatic rings. The molecule has 1 amide bonds. The Bertz CT molecular complexity index is 717. The van der Waals surface area contributed by atoms with Crippen molar-refractivity contribution in [2.24, 2.45) is 0 Å². The highest BCUT2D eigenvalue weighted by Gasteiger charge is 2.30. The van der Waals surface area contributed by atoms with Gasteiger partial charge in [0.25, 0.3) is 0 Å². The average Bonchev–Trinajstić information content (AvgIpc) is 3.26. The molecule has 24 heavy (non-hydrogen) atoms. The Morgan fingerprint density at radius 2 is 2.08 bits per heavy atom. The summed E-state index contributed by atoms with van der Waals surface area (Å²) < 4.78 is 11.5. The quantitative estimate of drug-likeness (QED) is 0.732. The lowest BCUT2D eigenvalue weighted by atomic mass is 10.1. The van der Waals surface area contributed by atoms with Crippen molar-refractivity contribution in [3.05, 3.63) is 44.6 Å². The largest absolute Gasteiger partial charge is 0.493 e. The summed E-state index contributed by atoms with van der Waals surface area (Å²) in [5.74, 6) is 1.44. The Morgan fingerprint density at radius 1 is 1.33 bits per heavy atom. The Labute approximate surface area is 154 Å². The van der Waals surface area contributed by atoms with Crippen LogP contribution in [-0.4, -0.2) is 31.6 Å². The normalized spacial score (nSPS) is 17.1. The SMILES string of the molecule is COc1cc(Br)c(CC(=O)N2CCCC2c2cccs2)cc1OC. The number of methoxy groups -OCH3 is 2. The fourth-order valence-electron chi connectivity index (χ4n) is 3.14. The van der Waals surface area contributed by atoms with Crippen LogP contribution in [0, 0.1) is 0 Å². The number of benzene rings is 1. The molecule has 1 unspecified atom stereocenters. The van der Waals surface area contributed by atoms with Crippen LogP contribution in [0.25, 0.3) is 0 Å². The molecule has 0 N–H and O–H groups in total. The molecule has 1 aliphatic rings. The van der Waals surface area contributed by atoms with Crippen LogP contribution in [0.1, 0.15) is 29.3 Å². The van der Waals surface area contributed by atoms with Crippen LogP contribution in [0.5, 0.6) is 11.5 Å². The van der Waals surface area contributed by atoms with Crippen LogP contribution >= 0.6 is 27.3 Å². The van der Waals surface area contributed by atoms with Gasteiger partial charge in [-0.25, -0.2) is 0 Å². The van der Waals surface area contributed by atoms with E-state index in [-0.39, 0.29) is 11.9 Å². The summed E-state index contributed by atoms with van der Waals surface area (Å²) in [4.78, 5) is 16.1. The minimum atomic E-state index is 0.152. The topological polar surface area (TPSA) is 38.8 Å². The summed E-state index contributed by atoms with van der Waals surface area (Å²) in [5.41, 5.74) is 0.912. The Morgan fingerprint density at radius 3 is 2.75 bits per heavy atom. The Hall–Kier alpha value is -1.53. The molecule has 4 nitrogen and oxygen atoms in total. The third-order valence-electron chi connectivity index (χ3n) is 4.34. The van der Waals surface area contributed by atoms with Crippen LogP contribution in [-0.2, 0) is 11.2 Å². The van der Waals surface area contributed by atoms with Crippen molar-refractivity contribution in [2.45, 2.75) is 25.3 Å². The van der Waals surface area contributed by atoms with Crippen LogP contribution in [0.2, 0.25) is 0 Å². The van der Waals surface area contributed by atoms with Gasteiger partial charge in [-0.2, -0.15) is 0 Å². The first kappa shape index (κ1) is 17.3. The Balaban J connectivity index is 1.79. The van der Waals surface area contributed by atoms with Crippen LogP contribution in [0.4, 0.5) is 0 Å². The van der Waals surface area contributed by atoms with Crippen LogP contribution in [0.3, 0.4) is 0 Å². The van der Waals surface area contributed by atoms with E-state index >= 15 is 0 Å².